The summed E-state index contributed by atoms with van der Waals surface area (Å²) in [5, 5.41) is 19.9. The van der Waals surface area contributed by atoms with Gasteiger partial charge in [-0.05, 0) is 30.9 Å². The molecule has 0 radical (unpaired) electrons. The van der Waals surface area contributed by atoms with Crippen molar-refractivity contribution >= 4 is 11.7 Å². The fraction of sp³-hybridized carbons (Fsp3) is 0.562. The Morgan fingerprint density at radius 1 is 1.30 bits per heavy atom. The largest absolute Gasteiger partial charge is 0.481 e. The summed E-state index contributed by atoms with van der Waals surface area (Å²) in [4.78, 5) is 13.4. The van der Waals surface area contributed by atoms with E-state index in [1.165, 1.54) is 0 Å². The van der Waals surface area contributed by atoms with Gasteiger partial charge in [0.1, 0.15) is 0 Å². The van der Waals surface area contributed by atoms with Gasteiger partial charge in [0.15, 0.2) is 0 Å². The number of β-amino-alcohol motifs (C(OH)–C–C–N with tert-alkyl or cyclic N) is 1. The molecule has 1 unspecified atom stereocenters. The zero-order valence-corrected chi connectivity index (χ0v) is 11.6. The number of aliphatic carboxylic acids is 1. The monoisotopic (exact) mass is 275 g/mol. The molecule has 0 bridgehead atoms. The maximum atomic E-state index is 11.3. The second kappa shape index (κ2) is 5.09. The van der Waals surface area contributed by atoms with Crippen LogP contribution in [-0.4, -0.2) is 34.9 Å². The van der Waals surface area contributed by atoms with Gasteiger partial charge in [-0.3, -0.25) is 4.79 Å². The molecule has 0 amide bonds. The highest BCUT2D eigenvalue weighted by Gasteiger charge is 2.37. The van der Waals surface area contributed by atoms with Gasteiger partial charge in [-0.1, -0.05) is 31.0 Å². The molecule has 1 aromatic carbocycles. The number of rotatable bonds is 3. The maximum absolute atomic E-state index is 11.3. The Morgan fingerprint density at radius 3 is 2.70 bits per heavy atom. The van der Waals surface area contributed by atoms with E-state index in [4.69, 9.17) is 0 Å². The molecule has 1 heterocycles. The number of carboxylic acid groups (broad SMARTS) is 1. The second-order valence-electron chi connectivity index (χ2n) is 6.18. The van der Waals surface area contributed by atoms with Crippen molar-refractivity contribution in [3.63, 3.8) is 0 Å². The predicted octanol–water partition coefficient (Wildman–Crippen LogP) is 2.05. The molecule has 0 saturated heterocycles. The van der Waals surface area contributed by atoms with Crippen LogP contribution in [-0.2, 0) is 11.2 Å². The van der Waals surface area contributed by atoms with Crippen molar-refractivity contribution in [3.05, 3.63) is 29.8 Å². The first-order chi connectivity index (χ1) is 9.57. The minimum atomic E-state index is -0.747. The standard InChI is InChI=1S/C16H21NO3/c18-15(19)13-9-12-5-1-2-6-14(12)17(10-13)11-16(20)7-3-4-8-16/h1-2,5-6,13,20H,3-4,7-11H2,(H,18,19). The topological polar surface area (TPSA) is 60.8 Å². The third kappa shape index (κ3) is 2.52. The number of para-hydroxylation sites is 1. The Bertz CT molecular complexity index is 508. The summed E-state index contributed by atoms with van der Waals surface area (Å²) in [5.74, 6) is -1.13. The van der Waals surface area contributed by atoms with E-state index in [0.717, 1.165) is 36.9 Å². The van der Waals surface area contributed by atoms with Gasteiger partial charge in [0, 0.05) is 18.8 Å². The Labute approximate surface area is 119 Å². The van der Waals surface area contributed by atoms with Crippen LogP contribution in [0, 0.1) is 5.92 Å². The van der Waals surface area contributed by atoms with Gasteiger partial charge in [0.05, 0.1) is 11.5 Å². The van der Waals surface area contributed by atoms with Crippen molar-refractivity contribution in [2.45, 2.75) is 37.7 Å². The lowest BCUT2D eigenvalue weighted by atomic mass is 9.90. The lowest BCUT2D eigenvalue weighted by molar-refractivity contribution is -0.141. The molecular formula is C16H21NO3. The molecule has 1 saturated carbocycles. The van der Waals surface area contributed by atoms with Crippen molar-refractivity contribution in [2.75, 3.05) is 18.0 Å². The van der Waals surface area contributed by atoms with Gasteiger partial charge in [-0.15, -0.1) is 0 Å². The lowest BCUT2D eigenvalue weighted by Crippen LogP contribution is -2.47. The molecule has 1 aromatic rings. The smallest absolute Gasteiger partial charge is 0.308 e. The van der Waals surface area contributed by atoms with Crippen molar-refractivity contribution in [3.8, 4) is 0 Å². The fourth-order valence-corrected chi connectivity index (χ4v) is 3.55. The summed E-state index contributed by atoms with van der Waals surface area (Å²) in [6, 6.07) is 7.96. The minimum Gasteiger partial charge on any atom is -0.481 e. The lowest BCUT2D eigenvalue weighted by Gasteiger charge is -2.38. The number of carbonyl (C=O) groups is 1. The number of fused-ring (bicyclic) bond motifs is 1. The number of benzene rings is 1. The van der Waals surface area contributed by atoms with Crippen LogP contribution in [0.5, 0.6) is 0 Å². The summed E-state index contributed by atoms with van der Waals surface area (Å²) in [5.41, 5.74) is 1.52. The Kier molecular flexibility index (Phi) is 3.42. The molecule has 2 N–H and O–H groups in total. The number of nitrogens with zero attached hydrogens (tertiary/aromatic N) is 1. The third-order valence-corrected chi connectivity index (χ3v) is 4.61. The molecule has 0 aromatic heterocycles. The number of carboxylic acids is 1. The van der Waals surface area contributed by atoms with Crippen molar-refractivity contribution < 1.29 is 15.0 Å². The third-order valence-electron chi connectivity index (χ3n) is 4.61. The van der Waals surface area contributed by atoms with E-state index >= 15 is 0 Å². The van der Waals surface area contributed by atoms with E-state index in [1.54, 1.807) is 0 Å². The summed E-state index contributed by atoms with van der Waals surface area (Å²) >= 11 is 0. The average molecular weight is 275 g/mol. The summed E-state index contributed by atoms with van der Waals surface area (Å²) in [6.45, 7) is 1.04. The van der Waals surface area contributed by atoms with E-state index in [9.17, 15) is 15.0 Å². The normalized spacial score (nSPS) is 24.4. The van der Waals surface area contributed by atoms with Crippen LogP contribution in [0.1, 0.15) is 31.2 Å². The van der Waals surface area contributed by atoms with Gasteiger partial charge >= 0.3 is 5.97 Å². The van der Waals surface area contributed by atoms with Crippen LogP contribution in [0.3, 0.4) is 0 Å². The van der Waals surface area contributed by atoms with Crippen molar-refractivity contribution in [2.24, 2.45) is 5.92 Å². The maximum Gasteiger partial charge on any atom is 0.308 e. The predicted molar refractivity (Wildman–Crippen MR) is 76.9 cm³/mol. The second-order valence-corrected chi connectivity index (χ2v) is 6.18. The Morgan fingerprint density at radius 2 is 2.00 bits per heavy atom. The number of hydrogen-bond acceptors (Lipinski definition) is 3. The SMILES string of the molecule is O=C(O)C1Cc2ccccc2N(CC2(O)CCCC2)C1. The highest BCUT2D eigenvalue weighted by molar-refractivity contribution is 5.74. The molecule has 1 fully saturated rings. The molecule has 0 spiro atoms. The first kappa shape index (κ1) is 13.4. The Balaban J connectivity index is 1.86. The molecule has 4 nitrogen and oxygen atoms in total. The average Bonchev–Trinajstić information content (AvgIpc) is 2.85. The summed E-state index contributed by atoms with van der Waals surface area (Å²) in [7, 11) is 0. The van der Waals surface area contributed by atoms with E-state index in [1.807, 2.05) is 24.3 Å². The van der Waals surface area contributed by atoms with Crippen molar-refractivity contribution in [1.29, 1.82) is 0 Å². The van der Waals surface area contributed by atoms with Gasteiger partial charge in [-0.25, -0.2) is 0 Å². The highest BCUT2D eigenvalue weighted by Crippen LogP contribution is 2.35. The van der Waals surface area contributed by atoms with Crippen LogP contribution >= 0.6 is 0 Å². The fourth-order valence-electron chi connectivity index (χ4n) is 3.55. The summed E-state index contributed by atoms with van der Waals surface area (Å²) in [6.07, 6.45) is 4.36. The number of anilines is 1. The zero-order valence-electron chi connectivity index (χ0n) is 11.6. The quantitative estimate of drug-likeness (QED) is 0.886. The van der Waals surface area contributed by atoms with Crippen LogP contribution < -0.4 is 4.90 Å². The Hall–Kier alpha value is -1.55. The van der Waals surface area contributed by atoms with Crippen LogP contribution in [0.4, 0.5) is 5.69 Å². The van der Waals surface area contributed by atoms with E-state index in [2.05, 4.69) is 4.90 Å². The van der Waals surface area contributed by atoms with Gasteiger partial charge in [0.2, 0.25) is 0 Å². The molecule has 4 heteroatoms. The van der Waals surface area contributed by atoms with Gasteiger partial charge in [-0.2, -0.15) is 0 Å². The minimum absolute atomic E-state index is 0.380. The highest BCUT2D eigenvalue weighted by atomic mass is 16.4. The molecule has 20 heavy (non-hydrogen) atoms. The van der Waals surface area contributed by atoms with Crippen LogP contribution in [0.15, 0.2) is 24.3 Å². The molecule has 2 aliphatic rings. The molecule has 1 aliphatic carbocycles. The van der Waals surface area contributed by atoms with Gasteiger partial charge < -0.3 is 15.1 Å². The van der Waals surface area contributed by atoms with Crippen LogP contribution in [0.25, 0.3) is 0 Å². The molecule has 3 rings (SSSR count). The first-order valence-corrected chi connectivity index (χ1v) is 7.35. The number of aliphatic hydroxyl groups is 1. The van der Waals surface area contributed by atoms with E-state index in [0.29, 0.717) is 19.5 Å². The first-order valence-electron chi connectivity index (χ1n) is 7.35. The zero-order chi connectivity index (χ0) is 14.2. The number of hydrogen-bond donors (Lipinski definition) is 2. The van der Waals surface area contributed by atoms with Crippen molar-refractivity contribution in [1.82, 2.24) is 0 Å². The van der Waals surface area contributed by atoms with E-state index in [-0.39, 0.29) is 5.92 Å². The van der Waals surface area contributed by atoms with Gasteiger partial charge in [0.25, 0.3) is 0 Å². The summed E-state index contributed by atoms with van der Waals surface area (Å²) < 4.78 is 0. The molecule has 108 valence electrons. The molecule has 1 aliphatic heterocycles. The van der Waals surface area contributed by atoms with E-state index < -0.39 is 11.6 Å². The van der Waals surface area contributed by atoms with Crippen LogP contribution in [0.2, 0.25) is 0 Å². The molecule has 1 atom stereocenters. The molecular weight excluding hydrogens is 254 g/mol.